The molecule has 1 aromatic carbocycles. The largest absolute Gasteiger partial charge is 0.325 e. The molecule has 0 bridgehead atoms. The first-order valence-electron chi connectivity index (χ1n) is 8.57. The topological polar surface area (TPSA) is 72.7 Å². The Kier molecular flexibility index (Phi) is 6.01. The number of aromatic nitrogens is 4. The molecule has 3 aromatic rings. The van der Waals surface area contributed by atoms with Crippen molar-refractivity contribution in [3.05, 3.63) is 60.0 Å². The summed E-state index contributed by atoms with van der Waals surface area (Å²) in [6.07, 6.45) is 5.07. The molecule has 1 N–H and O–H groups in total. The average Bonchev–Trinajstić information content (AvgIpc) is 3.16. The van der Waals surface area contributed by atoms with Gasteiger partial charge in [0, 0.05) is 11.9 Å². The van der Waals surface area contributed by atoms with Crippen LogP contribution < -0.4 is 5.32 Å². The zero-order valence-corrected chi connectivity index (χ0v) is 15.7. The van der Waals surface area contributed by atoms with Gasteiger partial charge in [-0.25, -0.2) is 4.98 Å². The molecule has 0 radical (unpaired) electrons. The van der Waals surface area contributed by atoms with E-state index in [0.717, 1.165) is 35.5 Å². The zero-order valence-electron chi connectivity index (χ0n) is 14.8. The third-order valence-electron chi connectivity index (χ3n) is 4.01. The molecule has 0 aliphatic carbocycles. The highest BCUT2D eigenvalue weighted by atomic mass is 32.2. The number of amides is 1. The van der Waals surface area contributed by atoms with Crippen molar-refractivity contribution in [2.45, 2.75) is 31.8 Å². The molecule has 7 heteroatoms. The third-order valence-corrected chi connectivity index (χ3v) is 4.95. The average molecular weight is 367 g/mol. The Morgan fingerprint density at radius 1 is 1.12 bits per heavy atom. The summed E-state index contributed by atoms with van der Waals surface area (Å²) in [5, 5.41) is 11.7. The van der Waals surface area contributed by atoms with Crippen molar-refractivity contribution in [1.82, 2.24) is 19.7 Å². The van der Waals surface area contributed by atoms with Crippen molar-refractivity contribution in [3.63, 3.8) is 0 Å². The second kappa shape index (κ2) is 8.62. The number of para-hydroxylation sites is 1. The summed E-state index contributed by atoms with van der Waals surface area (Å²) in [6.45, 7) is 4.18. The lowest BCUT2D eigenvalue weighted by Gasteiger charge is -2.14. The van der Waals surface area contributed by atoms with Gasteiger partial charge in [-0.2, -0.15) is 0 Å². The molecule has 1 amide bonds. The van der Waals surface area contributed by atoms with Gasteiger partial charge in [-0.05, 0) is 36.1 Å². The van der Waals surface area contributed by atoms with E-state index < -0.39 is 0 Å². The molecule has 2 heterocycles. The zero-order chi connectivity index (χ0) is 18.4. The number of hydrogen-bond acceptors (Lipinski definition) is 5. The summed E-state index contributed by atoms with van der Waals surface area (Å²) in [4.78, 5) is 16.8. The van der Waals surface area contributed by atoms with Gasteiger partial charge in [-0.15, -0.1) is 10.2 Å². The number of pyridine rings is 1. The van der Waals surface area contributed by atoms with E-state index in [1.54, 1.807) is 17.1 Å². The van der Waals surface area contributed by atoms with Gasteiger partial charge in [0.05, 0.1) is 5.75 Å². The Hall–Kier alpha value is -2.67. The smallest absolute Gasteiger partial charge is 0.234 e. The molecule has 0 fully saturated rings. The summed E-state index contributed by atoms with van der Waals surface area (Å²) < 4.78 is 1.77. The second-order valence-corrected chi connectivity index (χ2v) is 6.61. The number of carbonyl (C=O) groups excluding carboxylic acids is 1. The van der Waals surface area contributed by atoms with Crippen LogP contribution in [0.2, 0.25) is 0 Å². The number of nitrogens with zero attached hydrogens (tertiary/aromatic N) is 4. The molecule has 26 heavy (non-hydrogen) atoms. The van der Waals surface area contributed by atoms with Crippen LogP contribution in [0.15, 0.2) is 54.1 Å². The lowest BCUT2D eigenvalue weighted by atomic mass is 10.0. The molecule has 0 spiro atoms. The van der Waals surface area contributed by atoms with Gasteiger partial charge in [-0.1, -0.05) is 49.9 Å². The molecule has 134 valence electrons. The fourth-order valence-corrected chi connectivity index (χ4v) is 3.40. The fourth-order valence-electron chi connectivity index (χ4n) is 2.68. The molecule has 6 nitrogen and oxygen atoms in total. The molecule has 0 saturated carbocycles. The second-order valence-electron chi connectivity index (χ2n) is 5.67. The number of rotatable bonds is 7. The van der Waals surface area contributed by atoms with Crippen LogP contribution in [0.4, 0.5) is 5.69 Å². The van der Waals surface area contributed by atoms with Crippen LogP contribution in [-0.2, 0) is 17.6 Å². The highest BCUT2D eigenvalue weighted by Gasteiger charge is 2.13. The lowest BCUT2D eigenvalue weighted by Crippen LogP contribution is -2.17. The van der Waals surface area contributed by atoms with Gasteiger partial charge >= 0.3 is 0 Å². The first-order chi connectivity index (χ1) is 12.7. The Labute approximate surface area is 157 Å². The molecule has 2 aromatic heterocycles. The van der Waals surface area contributed by atoms with Crippen LogP contribution >= 0.6 is 11.8 Å². The fraction of sp³-hybridized carbons (Fsp3) is 0.263. The molecular weight excluding hydrogens is 346 g/mol. The highest BCUT2D eigenvalue weighted by molar-refractivity contribution is 7.99. The normalized spacial score (nSPS) is 10.7. The van der Waals surface area contributed by atoms with Crippen LogP contribution in [-0.4, -0.2) is 31.4 Å². The molecular formula is C19H21N5OS. The first kappa shape index (κ1) is 18.1. The Morgan fingerprint density at radius 2 is 1.88 bits per heavy atom. The van der Waals surface area contributed by atoms with Gasteiger partial charge in [0.1, 0.15) is 12.1 Å². The summed E-state index contributed by atoms with van der Waals surface area (Å²) in [5.41, 5.74) is 3.24. The van der Waals surface area contributed by atoms with Gasteiger partial charge in [-0.3, -0.25) is 9.36 Å². The summed E-state index contributed by atoms with van der Waals surface area (Å²) in [6, 6.07) is 11.8. The molecule has 0 saturated heterocycles. The number of anilines is 1. The van der Waals surface area contributed by atoms with Crippen LogP contribution in [0.25, 0.3) is 5.82 Å². The van der Waals surface area contributed by atoms with Crippen LogP contribution in [0.3, 0.4) is 0 Å². The van der Waals surface area contributed by atoms with Crippen molar-refractivity contribution < 1.29 is 4.79 Å². The number of carbonyl (C=O) groups is 1. The van der Waals surface area contributed by atoms with E-state index in [1.165, 1.54) is 11.8 Å². The minimum Gasteiger partial charge on any atom is -0.325 e. The monoisotopic (exact) mass is 367 g/mol. The Morgan fingerprint density at radius 3 is 2.54 bits per heavy atom. The number of thioether (sulfide) groups is 1. The minimum absolute atomic E-state index is 0.0545. The highest BCUT2D eigenvalue weighted by Crippen LogP contribution is 2.24. The molecule has 0 aliphatic heterocycles. The maximum atomic E-state index is 12.5. The van der Waals surface area contributed by atoms with E-state index in [0.29, 0.717) is 5.16 Å². The van der Waals surface area contributed by atoms with Crippen molar-refractivity contribution in [2.24, 2.45) is 0 Å². The molecule has 0 aliphatic rings. The quantitative estimate of drug-likeness (QED) is 0.647. The number of nitrogens with one attached hydrogen (secondary N) is 1. The standard InChI is InChI=1S/C19H21N5OS/c1-3-14-8-7-9-15(4-2)18(14)22-17(25)12-26-19-23-21-13-24(19)16-10-5-6-11-20-16/h5-11,13H,3-4,12H2,1-2H3,(H,22,25). The molecule has 0 atom stereocenters. The minimum atomic E-state index is -0.0545. The maximum Gasteiger partial charge on any atom is 0.234 e. The SMILES string of the molecule is CCc1cccc(CC)c1NC(=O)CSc1nncn1-c1ccccn1. The van der Waals surface area contributed by atoms with E-state index in [4.69, 9.17) is 0 Å². The van der Waals surface area contributed by atoms with Gasteiger partial charge in [0.15, 0.2) is 5.16 Å². The van der Waals surface area contributed by atoms with Crippen LogP contribution in [0.5, 0.6) is 0 Å². The van der Waals surface area contributed by atoms with E-state index >= 15 is 0 Å². The molecule has 3 rings (SSSR count). The van der Waals surface area contributed by atoms with Gasteiger partial charge in [0.25, 0.3) is 0 Å². The Bertz CT molecular complexity index is 856. The number of hydrogen-bond donors (Lipinski definition) is 1. The van der Waals surface area contributed by atoms with Crippen molar-refractivity contribution in [3.8, 4) is 5.82 Å². The summed E-state index contributed by atoms with van der Waals surface area (Å²) in [7, 11) is 0. The number of aryl methyl sites for hydroxylation is 2. The van der Waals surface area contributed by atoms with Gasteiger partial charge in [0.2, 0.25) is 5.91 Å². The number of benzene rings is 1. The van der Waals surface area contributed by atoms with Crippen LogP contribution in [0.1, 0.15) is 25.0 Å². The third kappa shape index (κ3) is 4.11. The maximum absolute atomic E-state index is 12.5. The van der Waals surface area contributed by atoms with Crippen molar-refractivity contribution in [2.75, 3.05) is 11.1 Å². The molecule has 0 unspecified atom stereocenters. The van der Waals surface area contributed by atoms with E-state index in [1.807, 2.05) is 24.3 Å². The Balaban J connectivity index is 1.69. The predicted molar refractivity (Wildman–Crippen MR) is 104 cm³/mol. The van der Waals surface area contributed by atoms with E-state index in [-0.39, 0.29) is 11.7 Å². The van der Waals surface area contributed by atoms with E-state index in [9.17, 15) is 4.79 Å². The predicted octanol–water partition coefficient (Wildman–Crippen LogP) is 3.52. The van der Waals surface area contributed by atoms with Crippen molar-refractivity contribution >= 4 is 23.4 Å². The van der Waals surface area contributed by atoms with Crippen LogP contribution in [0, 0.1) is 0 Å². The lowest BCUT2D eigenvalue weighted by molar-refractivity contribution is -0.113. The van der Waals surface area contributed by atoms with E-state index in [2.05, 4.69) is 46.5 Å². The van der Waals surface area contributed by atoms with Crippen molar-refractivity contribution in [1.29, 1.82) is 0 Å². The first-order valence-corrected chi connectivity index (χ1v) is 9.56. The van der Waals surface area contributed by atoms with Gasteiger partial charge < -0.3 is 5.32 Å². The summed E-state index contributed by atoms with van der Waals surface area (Å²) in [5.74, 6) is 0.929. The summed E-state index contributed by atoms with van der Waals surface area (Å²) >= 11 is 1.34.